The van der Waals surface area contributed by atoms with Gasteiger partial charge in [0.25, 0.3) is 5.22 Å². The molecule has 0 radical (unpaired) electrons. The molecule has 0 aliphatic carbocycles. The third-order valence-corrected chi connectivity index (χ3v) is 3.16. The molecule has 1 aromatic heterocycles. The van der Waals surface area contributed by atoms with Crippen molar-refractivity contribution >= 4 is 11.8 Å². The van der Waals surface area contributed by atoms with E-state index in [2.05, 4.69) is 16.8 Å². The van der Waals surface area contributed by atoms with E-state index in [1.54, 1.807) is 6.26 Å². The fourth-order valence-electron chi connectivity index (χ4n) is 1.44. The van der Waals surface area contributed by atoms with Crippen molar-refractivity contribution in [2.45, 2.75) is 17.9 Å². The van der Waals surface area contributed by atoms with Crippen LogP contribution in [-0.4, -0.2) is 16.7 Å². The Kier molecular flexibility index (Phi) is 4.46. The Morgan fingerprint density at radius 2 is 2.22 bits per heavy atom. The second-order valence-electron chi connectivity index (χ2n) is 3.66. The van der Waals surface area contributed by atoms with E-state index < -0.39 is 0 Å². The molecule has 18 heavy (non-hydrogen) atoms. The number of rotatable bonds is 3. The minimum atomic E-state index is -0.125. The third-order valence-electron chi connectivity index (χ3n) is 2.27. The molecular weight excluding hydrogens is 246 g/mol. The van der Waals surface area contributed by atoms with Crippen LogP contribution in [0.1, 0.15) is 16.8 Å². The monoisotopic (exact) mass is 259 g/mol. The topological polar surface area (TPSA) is 46.3 Å². The Balaban J connectivity index is 2.09. The van der Waals surface area contributed by atoms with Gasteiger partial charge in [-0.15, -0.1) is 0 Å². The van der Waals surface area contributed by atoms with Crippen molar-refractivity contribution in [3.05, 3.63) is 47.3 Å². The summed E-state index contributed by atoms with van der Waals surface area (Å²) in [5.74, 6) is 6.35. The first-order chi connectivity index (χ1) is 8.79. The van der Waals surface area contributed by atoms with Gasteiger partial charge in [0, 0.05) is 11.3 Å². The van der Waals surface area contributed by atoms with E-state index in [9.17, 15) is 0 Å². The summed E-state index contributed by atoms with van der Waals surface area (Å²) in [6.45, 7) is 1.77. The van der Waals surface area contributed by atoms with Crippen LogP contribution in [0.15, 0.2) is 40.2 Å². The van der Waals surface area contributed by atoms with Gasteiger partial charge in [-0.1, -0.05) is 41.8 Å². The maximum atomic E-state index is 8.73. The molecule has 92 valence electrons. The molecule has 0 spiro atoms. The Morgan fingerprint density at radius 1 is 1.39 bits per heavy atom. The van der Waals surface area contributed by atoms with Crippen LogP contribution in [0.25, 0.3) is 0 Å². The predicted molar refractivity (Wildman–Crippen MR) is 71.2 cm³/mol. The van der Waals surface area contributed by atoms with Gasteiger partial charge in [-0.3, -0.25) is 0 Å². The Hall–Kier alpha value is -1.70. The van der Waals surface area contributed by atoms with Crippen molar-refractivity contribution in [1.82, 2.24) is 4.98 Å². The molecule has 0 atom stereocenters. The van der Waals surface area contributed by atoms with E-state index in [0.717, 1.165) is 22.6 Å². The van der Waals surface area contributed by atoms with E-state index in [1.807, 2.05) is 31.2 Å². The van der Waals surface area contributed by atoms with Gasteiger partial charge in [-0.2, -0.15) is 0 Å². The molecule has 0 saturated heterocycles. The Labute approximate surface area is 110 Å². The number of benzene rings is 1. The van der Waals surface area contributed by atoms with Crippen LogP contribution in [0, 0.1) is 18.8 Å². The van der Waals surface area contributed by atoms with Gasteiger partial charge >= 0.3 is 0 Å². The predicted octanol–water partition coefficient (Wildman–Crippen LogP) is 2.62. The van der Waals surface area contributed by atoms with Crippen molar-refractivity contribution in [2.75, 3.05) is 6.61 Å². The van der Waals surface area contributed by atoms with Crippen molar-refractivity contribution in [2.24, 2.45) is 0 Å². The number of nitrogens with zero attached hydrogens (tertiary/aromatic N) is 1. The number of aliphatic hydroxyl groups is 1. The molecule has 2 rings (SSSR count). The van der Waals surface area contributed by atoms with E-state index in [-0.39, 0.29) is 6.61 Å². The highest BCUT2D eigenvalue weighted by atomic mass is 32.2. The zero-order valence-electron chi connectivity index (χ0n) is 10.0. The number of aromatic nitrogens is 1. The zero-order valence-corrected chi connectivity index (χ0v) is 10.8. The molecule has 0 aliphatic heterocycles. The lowest BCUT2D eigenvalue weighted by molar-refractivity contribution is 0.350. The lowest BCUT2D eigenvalue weighted by Gasteiger charge is -2.01. The molecule has 3 nitrogen and oxygen atoms in total. The fourth-order valence-corrected chi connectivity index (χ4v) is 2.30. The molecule has 1 heterocycles. The van der Waals surface area contributed by atoms with Gasteiger partial charge in [0.05, 0.1) is 5.69 Å². The van der Waals surface area contributed by atoms with E-state index >= 15 is 0 Å². The van der Waals surface area contributed by atoms with Gasteiger partial charge in [-0.05, 0) is 18.6 Å². The molecule has 1 aromatic carbocycles. The standard InChI is InChI=1S/C14H13NO2S/c1-11-9-17-14(15-11)18-10-13-6-3-2-5-12(13)7-4-8-16/h2-3,5-6,9,16H,8,10H2,1H3. The lowest BCUT2D eigenvalue weighted by atomic mass is 10.1. The van der Waals surface area contributed by atoms with E-state index in [0.29, 0.717) is 5.22 Å². The van der Waals surface area contributed by atoms with E-state index in [1.165, 1.54) is 11.8 Å². The van der Waals surface area contributed by atoms with Crippen LogP contribution in [0.4, 0.5) is 0 Å². The third kappa shape index (κ3) is 3.39. The lowest BCUT2D eigenvalue weighted by Crippen LogP contribution is -1.87. The average Bonchev–Trinajstić information content (AvgIpc) is 2.81. The van der Waals surface area contributed by atoms with Gasteiger partial charge in [-0.25, -0.2) is 4.98 Å². The van der Waals surface area contributed by atoms with Crippen molar-refractivity contribution in [3.8, 4) is 11.8 Å². The number of aryl methyl sites for hydroxylation is 1. The molecule has 0 amide bonds. The van der Waals surface area contributed by atoms with Crippen LogP contribution in [-0.2, 0) is 5.75 Å². The molecule has 0 unspecified atom stereocenters. The van der Waals surface area contributed by atoms with Gasteiger partial charge < -0.3 is 9.52 Å². The molecule has 0 bridgehead atoms. The van der Waals surface area contributed by atoms with Crippen LogP contribution in [0.2, 0.25) is 0 Å². The summed E-state index contributed by atoms with van der Waals surface area (Å²) in [4.78, 5) is 4.24. The van der Waals surface area contributed by atoms with Crippen molar-refractivity contribution < 1.29 is 9.52 Å². The number of hydrogen-bond acceptors (Lipinski definition) is 4. The maximum absolute atomic E-state index is 8.73. The summed E-state index contributed by atoms with van der Waals surface area (Å²) in [6, 6.07) is 7.87. The van der Waals surface area contributed by atoms with Crippen LogP contribution in [0.3, 0.4) is 0 Å². The maximum Gasteiger partial charge on any atom is 0.256 e. The SMILES string of the molecule is Cc1coc(SCc2ccccc2C#CCO)n1. The highest BCUT2D eigenvalue weighted by molar-refractivity contribution is 7.98. The summed E-state index contributed by atoms with van der Waals surface area (Å²) in [5, 5.41) is 9.39. The highest BCUT2D eigenvalue weighted by Gasteiger charge is 2.04. The minimum Gasteiger partial charge on any atom is -0.440 e. The second-order valence-corrected chi connectivity index (χ2v) is 4.59. The zero-order chi connectivity index (χ0) is 12.8. The fraction of sp³-hybridized carbons (Fsp3) is 0.214. The van der Waals surface area contributed by atoms with Crippen LogP contribution < -0.4 is 0 Å². The smallest absolute Gasteiger partial charge is 0.256 e. The van der Waals surface area contributed by atoms with Crippen LogP contribution in [0.5, 0.6) is 0 Å². The Morgan fingerprint density at radius 3 is 2.94 bits per heavy atom. The number of oxazole rings is 1. The quantitative estimate of drug-likeness (QED) is 0.680. The van der Waals surface area contributed by atoms with Crippen molar-refractivity contribution in [1.29, 1.82) is 0 Å². The summed E-state index contributed by atoms with van der Waals surface area (Å²) >= 11 is 1.53. The van der Waals surface area contributed by atoms with Crippen molar-refractivity contribution in [3.63, 3.8) is 0 Å². The summed E-state index contributed by atoms with van der Waals surface area (Å²) in [5.41, 5.74) is 2.92. The van der Waals surface area contributed by atoms with Gasteiger partial charge in [0.2, 0.25) is 0 Å². The average molecular weight is 259 g/mol. The summed E-state index contributed by atoms with van der Waals surface area (Å²) in [6.07, 6.45) is 1.64. The molecular formula is C14H13NO2S. The largest absolute Gasteiger partial charge is 0.440 e. The molecule has 0 saturated carbocycles. The second kappa shape index (κ2) is 6.29. The normalized spacial score (nSPS) is 9.89. The summed E-state index contributed by atoms with van der Waals surface area (Å²) in [7, 11) is 0. The molecule has 0 aliphatic rings. The van der Waals surface area contributed by atoms with Gasteiger partial charge in [0.1, 0.15) is 12.9 Å². The number of aliphatic hydroxyl groups excluding tert-OH is 1. The highest BCUT2D eigenvalue weighted by Crippen LogP contribution is 2.23. The molecule has 0 fully saturated rings. The molecule has 1 N–H and O–H groups in total. The minimum absolute atomic E-state index is 0.125. The Bertz CT molecular complexity index is 581. The van der Waals surface area contributed by atoms with Gasteiger partial charge in [0.15, 0.2) is 0 Å². The number of hydrogen-bond donors (Lipinski definition) is 1. The first kappa shape index (κ1) is 12.7. The van der Waals surface area contributed by atoms with Crippen LogP contribution >= 0.6 is 11.8 Å². The molecule has 2 aromatic rings. The summed E-state index contributed by atoms with van der Waals surface area (Å²) < 4.78 is 5.28. The molecule has 4 heteroatoms. The number of thioether (sulfide) groups is 1. The first-order valence-corrected chi connectivity index (χ1v) is 6.50. The first-order valence-electron chi connectivity index (χ1n) is 5.52. The van der Waals surface area contributed by atoms with E-state index in [4.69, 9.17) is 9.52 Å².